The molecule has 0 radical (unpaired) electrons. The van der Waals surface area contributed by atoms with Crippen molar-refractivity contribution in [1.82, 2.24) is 0 Å². The van der Waals surface area contributed by atoms with Gasteiger partial charge in [0.05, 0.1) is 7.11 Å². The number of ether oxygens (including phenoxy) is 2. The molecule has 0 aliphatic carbocycles. The summed E-state index contributed by atoms with van der Waals surface area (Å²) in [6.45, 7) is 2.42. The molecule has 2 aromatic carbocycles. The molecule has 0 spiro atoms. The lowest BCUT2D eigenvalue weighted by atomic mass is 10.1. The molecular formula is C16H18BrNO2. The molecule has 0 saturated heterocycles. The van der Waals surface area contributed by atoms with E-state index >= 15 is 0 Å². The number of methoxy groups -OCH3 is 1. The predicted molar refractivity (Wildman–Crippen MR) is 84.1 cm³/mol. The van der Waals surface area contributed by atoms with Gasteiger partial charge in [-0.25, -0.2) is 0 Å². The van der Waals surface area contributed by atoms with Crippen molar-refractivity contribution < 1.29 is 9.47 Å². The molecule has 0 aromatic heterocycles. The number of nitrogens with two attached hydrogens (primary N) is 1. The molecule has 0 aliphatic heterocycles. The Morgan fingerprint density at radius 1 is 1.20 bits per heavy atom. The molecule has 0 amide bonds. The van der Waals surface area contributed by atoms with Crippen molar-refractivity contribution in [3.05, 3.63) is 58.1 Å². The quantitative estimate of drug-likeness (QED) is 0.896. The standard InChI is InChI=1S/C16H18BrNO2/c1-11(18)14-8-7-13(19-2)9-16(14)20-10-12-5-3-4-6-15(12)17/h3-9,11H,10,18H2,1-2H3/t11-/m1/s1. The van der Waals surface area contributed by atoms with Gasteiger partial charge in [0, 0.05) is 27.7 Å². The summed E-state index contributed by atoms with van der Waals surface area (Å²) in [6.07, 6.45) is 0. The Morgan fingerprint density at radius 3 is 2.60 bits per heavy atom. The normalized spacial score (nSPS) is 12.0. The highest BCUT2D eigenvalue weighted by molar-refractivity contribution is 9.10. The highest BCUT2D eigenvalue weighted by atomic mass is 79.9. The van der Waals surface area contributed by atoms with E-state index in [4.69, 9.17) is 15.2 Å². The molecule has 0 fully saturated rings. The lowest BCUT2D eigenvalue weighted by Gasteiger charge is -2.15. The Bertz CT molecular complexity index is 584. The number of rotatable bonds is 5. The van der Waals surface area contributed by atoms with E-state index < -0.39 is 0 Å². The zero-order valence-electron chi connectivity index (χ0n) is 11.6. The van der Waals surface area contributed by atoms with Gasteiger partial charge in [-0.2, -0.15) is 0 Å². The Labute approximate surface area is 127 Å². The van der Waals surface area contributed by atoms with Gasteiger partial charge >= 0.3 is 0 Å². The second-order valence-electron chi connectivity index (χ2n) is 4.57. The number of benzene rings is 2. The summed E-state index contributed by atoms with van der Waals surface area (Å²) in [7, 11) is 1.64. The molecule has 0 saturated carbocycles. The molecule has 0 bridgehead atoms. The summed E-state index contributed by atoms with van der Waals surface area (Å²) in [5.41, 5.74) is 8.03. The number of hydrogen-bond donors (Lipinski definition) is 1. The van der Waals surface area contributed by atoms with Crippen LogP contribution in [-0.4, -0.2) is 7.11 Å². The van der Waals surface area contributed by atoms with Crippen LogP contribution in [0, 0.1) is 0 Å². The lowest BCUT2D eigenvalue weighted by molar-refractivity contribution is 0.298. The van der Waals surface area contributed by atoms with Crippen LogP contribution in [-0.2, 0) is 6.61 Å². The summed E-state index contributed by atoms with van der Waals surface area (Å²) in [6, 6.07) is 13.6. The van der Waals surface area contributed by atoms with E-state index in [1.807, 2.05) is 49.4 Å². The van der Waals surface area contributed by atoms with E-state index in [1.165, 1.54) is 0 Å². The van der Waals surface area contributed by atoms with Gasteiger partial charge in [0.1, 0.15) is 18.1 Å². The largest absolute Gasteiger partial charge is 0.497 e. The van der Waals surface area contributed by atoms with E-state index in [9.17, 15) is 0 Å². The lowest BCUT2D eigenvalue weighted by Crippen LogP contribution is -2.08. The van der Waals surface area contributed by atoms with Gasteiger partial charge in [0.2, 0.25) is 0 Å². The van der Waals surface area contributed by atoms with Crippen molar-refractivity contribution >= 4 is 15.9 Å². The first-order chi connectivity index (χ1) is 9.61. The average Bonchev–Trinajstić information content (AvgIpc) is 2.46. The van der Waals surface area contributed by atoms with Gasteiger partial charge in [-0.05, 0) is 19.1 Å². The van der Waals surface area contributed by atoms with Gasteiger partial charge in [-0.1, -0.05) is 40.2 Å². The third-order valence-corrected chi connectivity index (χ3v) is 3.83. The van der Waals surface area contributed by atoms with Crippen LogP contribution in [0.25, 0.3) is 0 Å². The summed E-state index contributed by atoms with van der Waals surface area (Å²) in [5.74, 6) is 1.52. The third-order valence-electron chi connectivity index (χ3n) is 3.05. The molecule has 0 heterocycles. The molecule has 2 aromatic rings. The highest BCUT2D eigenvalue weighted by Gasteiger charge is 2.10. The van der Waals surface area contributed by atoms with Crippen LogP contribution in [0.3, 0.4) is 0 Å². The fourth-order valence-electron chi connectivity index (χ4n) is 1.91. The van der Waals surface area contributed by atoms with Crippen molar-refractivity contribution in [2.75, 3.05) is 7.11 Å². The second-order valence-corrected chi connectivity index (χ2v) is 5.43. The molecule has 1 atom stereocenters. The van der Waals surface area contributed by atoms with Crippen molar-refractivity contribution in [2.24, 2.45) is 5.73 Å². The summed E-state index contributed by atoms with van der Waals surface area (Å²) in [5, 5.41) is 0. The second kappa shape index (κ2) is 6.77. The molecule has 3 nitrogen and oxygen atoms in total. The average molecular weight is 336 g/mol. The highest BCUT2D eigenvalue weighted by Crippen LogP contribution is 2.29. The molecule has 0 aliphatic rings. The molecule has 2 N–H and O–H groups in total. The fraction of sp³-hybridized carbons (Fsp3) is 0.250. The van der Waals surface area contributed by atoms with Crippen molar-refractivity contribution in [1.29, 1.82) is 0 Å². The molecule has 0 unspecified atom stereocenters. The third kappa shape index (κ3) is 3.52. The number of halogens is 1. The van der Waals surface area contributed by atoms with Crippen LogP contribution in [0.1, 0.15) is 24.1 Å². The smallest absolute Gasteiger partial charge is 0.128 e. The van der Waals surface area contributed by atoms with Crippen LogP contribution in [0.5, 0.6) is 11.5 Å². The minimum absolute atomic E-state index is 0.0879. The van der Waals surface area contributed by atoms with Gasteiger partial charge in [-0.15, -0.1) is 0 Å². The Kier molecular flexibility index (Phi) is 5.04. The minimum atomic E-state index is -0.0879. The maximum absolute atomic E-state index is 5.97. The molecule has 20 heavy (non-hydrogen) atoms. The first-order valence-corrected chi connectivity index (χ1v) is 7.21. The molecule has 4 heteroatoms. The maximum Gasteiger partial charge on any atom is 0.128 e. The van der Waals surface area contributed by atoms with Crippen molar-refractivity contribution in [2.45, 2.75) is 19.6 Å². The van der Waals surface area contributed by atoms with Gasteiger partial charge in [-0.3, -0.25) is 0 Å². The summed E-state index contributed by atoms with van der Waals surface area (Å²) < 4.78 is 12.2. The molecular weight excluding hydrogens is 318 g/mol. The van der Waals surface area contributed by atoms with Gasteiger partial charge in [0.25, 0.3) is 0 Å². The van der Waals surface area contributed by atoms with Crippen molar-refractivity contribution in [3.63, 3.8) is 0 Å². The van der Waals surface area contributed by atoms with Crippen molar-refractivity contribution in [3.8, 4) is 11.5 Å². The van der Waals surface area contributed by atoms with Gasteiger partial charge in [0.15, 0.2) is 0 Å². The predicted octanol–water partition coefficient (Wildman–Crippen LogP) is 4.06. The van der Waals surface area contributed by atoms with E-state index in [0.717, 1.165) is 27.1 Å². The number of hydrogen-bond acceptors (Lipinski definition) is 3. The topological polar surface area (TPSA) is 44.5 Å². The Hall–Kier alpha value is -1.52. The Balaban J connectivity index is 2.21. The maximum atomic E-state index is 5.97. The molecule has 2 rings (SSSR count). The van der Waals surface area contributed by atoms with Gasteiger partial charge < -0.3 is 15.2 Å². The first-order valence-electron chi connectivity index (χ1n) is 6.41. The van der Waals surface area contributed by atoms with Crippen LogP contribution in [0.15, 0.2) is 46.9 Å². The molecule has 106 valence electrons. The van der Waals surface area contributed by atoms with E-state index in [1.54, 1.807) is 7.11 Å². The van der Waals surface area contributed by atoms with Crippen LogP contribution in [0.2, 0.25) is 0 Å². The zero-order chi connectivity index (χ0) is 14.5. The SMILES string of the molecule is COc1ccc([C@@H](C)N)c(OCc2ccccc2Br)c1. The summed E-state index contributed by atoms with van der Waals surface area (Å²) in [4.78, 5) is 0. The fourth-order valence-corrected chi connectivity index (χ4v) is 2.31. The summed E-state index contributed by atoms with van der Waals surface area (Å²) >= 11 is 3.52. The van der Waals surface area contributed by atoms with Crippen LogP contribution < -0.4 is 15.2 Å². The zero-order valence-corrected chi connectivity index (χ0v) is 13.2. The van der Waals surface area contributed by atoms with E-state index in [-0.39, 0.29) is 6.04 Å². The van der Waals surface area contributed by atoms with Crippen LogP contribution >= 0.6 is 15.9 Å². The minimum Gasteiger partial charge on any atom is -0.497 e. The van der Waals surface area contributed by atoms with E-state index in [2.05, 4.69) is 15.9 Å². The first kappa shape index (κ1) is 14.9. The Morgan fingerprint density at radius 2 is 1.95 bits per heavy atom. The monoisotopic (exact) mass is 335 g/mol. The van der Waals surface area contributed by atoms with Crippen LogP contribution in [0.4, 0.5) is 0 Å². The van der Waals surface area contributed by atoms with E-state index in [0.29, 0.717) is 6.61 Å².